The number of halogens is 3. The minimum absolute atomic E-state index is 0.0335. The highest BCUT2D eigenvalue weighted by molar-refractivity contribution is 6.31. The lowest BCUT2D eigenvalue weighted by molar-refractivity contribution is -0.138. The van der Waals surface area contributed by atoms with Crippen LogP contribution in [0.3, 0.4) is 0 Å². The van der Waals surface area contributed by atoms with Gasteiger partial charge in [0.05, 0.1) is 11.1 Å². The topological polar surface area (TPSA) is 145 Å². The maximum atomic E-state index is 16.3. The Bertz CT molecular complexity index is 2550. The zero-order valence-electron chi connectivity index (χ0n) is 36.9. The molecule has 0 aromatic heterocycles. The van der Waals surface area contributed by atoms with Gasteiger partial charge >= 0.3 is 0 Å². The molecule has 340 valence electrons. The Morgan fingerprint density at radius 3 is 2.37 bits per heavy atom. The van der Waals surface area contributed by atoms with E-state index in [0.29, 0.717) is 73.5 Å². The van der Waals surface area contributed by atoms with Crippen molar-refractivity contribution in [2.45, 2.75) is 121 Å². The van der Waals surface area contributed by atoms with Gasteiger partial charge in [-0.15, -0.1) is 0 Å². The molecule has 14 heteroatoms. The highest BCUT2D eigenvalue weighted by Crippen LogP contribution is 2.57. The standard InChI is InChI=1S/C51H54Cl2FN5O6/c1-50(2,3)26-41-51(36-17-16-32(52)25-38(36)55-49(51)65)43(34-8-5-9-37(53)44(34)54)45(56-41)40(60)24-29-11-14-31(15-12-29)47(63)58-22-20-28(21-23-58)10-13-30-6-4-7-33-35(30)27-59(48(33)64)39-18-19-42(61)57-46(39)62/h4-9,16-17,25,28-29,31,39,41,43,45,56H,11-12,14-15,18-24,26-27H2,1-3H3,(H,55,65)(H,57,61,62)/t29?,31?,39?,41-,43-,45-,51+/m0/s1. The van der Waals surface area contributed by atoms with E-state index in [9.17, 15) is 28.8 Å². The van der Waals surface area contributed by atoms with Crippen molar-refractivity contribution in [2.24, 2.45) is 23.2 Å². The van der Waals surface area contributed by atoms with Crippen LogP contribution in [0.5, 0.6) is 0 Å². The van der Waals surface area contributed by atoms with Crippen LogP contribution in [0.1, 0.15) is 124 Å². The molecule has 1 saturated carbocycles. The number of nitrogens with one attached hydrogen (secondary N) is 3. The molecule has 1 spiro atoms. The number of hydrogen-bond acceptors (Lipinski definition) is 7. The van der Waals surface area contributed by atoms with Crippen molar-refractivity contribution in [2.75, 3.05) is 18.4 Å². The monoisotopic (exact) mass is 921 g/mol. The molecule has 11 nitrogen and oxygen atoms in total. The van der Waals surface area contributed by atoms with Crippen molar-refractivity contribution in [1.29, 1.82) is 0 Å². The van der Waals surface area contributed by atoms with Gasteiger partial charge in [-0.3, -0.25) is 34.1 Å². The molecule has 1 unspecified atom stereocenters. The van der Waals surface area contributed by atoms with Gasteiger partial charge in [-0.25, -0.2) is 4.39 Å². The molecule has 0 radical (unpaired) electrons. The molecule has 6 aliphatic rings. The first kappa shape index (κ1) is 45.1. The average molecular weight is 923 g/mol. The summed E-state index contributed by atoms with van der Waals surface area (Å²) in [6, 6.07) is 13.4. The van der Waals surface area contributed by atoms with E-state index < -0.39 is 41.2 Å². The van der Waals surface area contributed by atoms with Crippen molar-refractivity contribution in [3.8, 4) is 11.8 Å². The normalized spacial score (nSPS) is 27.8. The molecule has 5 heterocycles. The summed E-state index contributed by atoms with van der Waals surface area (Å²) in [7, 11) is 0. The summed E-state index contributed by atoms with van der Waals surface area (Å²) in [5, 5.41) is 9.37. The third-order valence-corrected chi connectivity index (χ3v) is 15.3. The highest BCUT2D eigenvalue weighted by atomic mass is 35.5. The molecular weight excluding hydrogens is 868 g/mol. The van der Waals surface area contributed by atoms with Crippen LogP contribution < -0.4 is 16.0 Å². The number of benzene rings is 3. The predicted octanol–water partition coefficient (Wildman–Crippen LogP) is 7.70. The maximum absolute atomic E-state index is 16.3. The van der Waals surface area contributed by atoms with E-state index in [1.807, 2.05) is 17.0 Å². The van der Waals surface area contributed by atoms with Crippen LogP contribution in [-0.2, 0) is 35.9 Å². The zero-order valence-corrected chi connectivity index (χ0v) is 38.4. The van der Waals surface area contributed by atoms with Crippen LogP contribution in [0, 0.1) is 40.8 Å². The number of rotatable bonds is 7. The second kappa shape index (κ2) is 17.6. The number of anilines is 1. The fourth-order valence-electron chi connectivity index (χ4n) is 11.6. The van der Waals surface area contributed by atoms with Gasteiger partial charge in [0.2, 0.25) is 23.6 Å². The molecule has 0 bridgehead atoms. The number of Topliss-reactive ketones (excluding diaryl/α,β-unsaturated/α-hetero) is 1. The predicted molar refractivity (Wildman–Crippen MR) is 244 cm³/mol. The quantitative estimate of drug-likeness (QED) is 0.163. The van der Waals surface area contributed by atoms with E-state index in [1.165, 1.54) is 11.0 Å². The summed E-state index contributed by atoms with van der Waals surface area (Å²) in [6.07, 6.45) is 5.47. The molecule has 3 saturated heterocycles. The maximum Gasteiger partial charge on any atom is 0.255 e. The zero-order chi connectivity index (χ0) is 45.9. The van der Waals surface area contributed by atoms with Gasteiger partial charge in [0.25, 0.3) is 5.91 Å². The molecule has 3 aromatic rings. The SMILES string of the molecule is CC(C)(C)C[C@@H]1N[C@@H](C(=O)CC2CCC(C(=O)N3CCC(C#Cc4cccc5c4CN(C4CCC(=O)NC4=O)C5=O)CC3)CC2)[C@H](c2cccc(Cl)c2F)[C@]12C(=O)Nc1cc(Cl)ccc12. The number of imide groups is 1. The van der Waals surface area contributed by atoms with Gasteiger partial charge in [0.1, 0.15) is 17.3 Å². The smallest absolute Gasteiger partial charge is 0.255 e. The van der Waals surface area contributed by atoms with Crippen molar-refractivity contribution < 1.29 is 33.2 Å². The molecule has 3 N–H and O–H groups in total. The lowest BCUT2D eigenvalue weighted by Gasteiger charge is -2.38. The van der Waals surface area contributed by atoms with Crippen molar-refractivity contribution in [1.82, 2.24) is 20.4 Å². The Morgan fingerprint density at radius 2 is 1.65 bits per heavy atom. The molecule has 3 aromatic carbocycles. The van der Waals surface area contributed by atoms with Gasteiger partial charge < -0.3 is 20.4 Å². The van der Waals surface area contributed by atoms with Crippen LogP contribution in [0.2, 0.25) is 10.0 Å². The Morgan fingerprint density at radius 1 is 0.908 bits per heavy atom. The number of hydrogen-bond donors (Lipinski definition) is 3. The van der Waals surface area contributed by atoms with E-state index in [0.717, 1.165) is 24.0 Å². The molecule has 1 aliphatic carbocycles. The molecule has 5 amide bonds. The number of carbonyl (C=O) groups excluding carboxylic acids is 6. The molecule has 4 fully saturated rings. The summed E-state index contributed by atoms with van der Waals surface area (Å²) < 4.78 is 16.3. The largest absolute Gasteiger partial charge is 0.342 e. The second-order valence-electron chi connectivity index (χ2n) is 20.1. The first-order valence-corrected chi connectivity index (χ1v) is 23.7. The van der Waals surface area contributed by atoms with Crippen LogP contribution in [0.25, 0.3) is 0 Å². The lowest BCUT2D eigenvalue weighted by Crippen LogP contribution is -2.52. The van der Waals surface area contributed by atoms with Crippen molar-refractivity contribution in [3.63, 3.8) is 0 Å². The third kappa shape index (κ3) is 8.38. The average Bonchev–Trinajstić information content (AvgIpc) is 3.88. The molecule has 65 heavy (non-hydrogen) atoms. The summed E-state index contributed by atoms with van der Waals surface area (Å²) in [5.41, 5.74) is 1.96. The van der Waals surface area contributed by atoms with E-state index in [2.05, 4.69) is 48.6 Å². The number of likely N-dealkylation sites (tertiary alicyclic amines) is 1. The van der Waals surface area contributed by atoms with E-state index in [-0.39, 0.29) is 82.6 Å². The van der Waals surface area contributed by atoms with Crippen molar-refractivity contribution in [3.05, 3.63) is 98.3 Å². The summed E-state index contributed by atoms with van der Waals surface area (Å²) in [6.45, 7) is 7.71. The Balaban J connectivity index is 0.838. The van der Waals surface area contributed by atoms with Gasteiger partial charge in [-0.1, -0.05) is 80.1 Å². The molecular formula is C51H54Cl2FN5O6. The van der Waals surface area contributed by atoms with E-state index >= 15 is 4.39 Å². The van der Waals surface area contributed by atoms with Crippen molar-refractivity contribution >= 4 is 64.2 Å². The number of fused-ring (bicyclic) bond motifs is 3. The highest BCUT2D eigenvalue weighted by Gasteiger charge is 2.66. The summed E-state index contributed by atoms with van der Waals surface area (Å²) >= 11 is 12.8. The Labute approximate surface area is 388 Å². The van der Waals surface area contributed by atoms with Gasteiger partial charge in [0.15, 0.2) is 5.78 Å². The first-order valence-electron chi connectivity index (χ1n) is 22.9. The van der Waals surface area contributed by atoms with Gasteiger partial charge in [0, 0.05) is 78.1 Å². The first-order chi connectivity index (χ1) is 31.0. The minimum Gasteiger partial charge on any atom is -0.342 e. The van der Waals surface area contributed by atoms with Crippen LogP contribution in [0.15, 0.2) is 54.6 Å². The van der Waals surface area contributed by atoms with Gasteiger partial charge in [-0.05, 0) is 110 Å². The third-order valence-electron chi connectivity index (χ3n) is 14.8. The second-order valence-corrected chi connectivity index (χ2v) is 20.9. The summed E-state index contributed by atoms with van der Waals surface area (Å²) in [4.78, 5) is 84.1. The summed E-state index contributed by atoms with van der Waals surface area (Å²) in [5.74, 6) is 3.91. The fourth-order valence-corrected chi connectivity index (χ4v) is 12.0. The Kier molecular flexibility index (Phi) is 12.2. The number of carbonyl (C=O) groups is 6. The van der Waals surface area contributed by atoms with Crippen LogP contribution in [-0.4, -0.2) is 76.3 Å². The molecule has 5 atom stereocenters. The lowest BCUT2D eigenvalue weighted by atomic mass is 9.62. The number of amides is 5. The number of piperidine rings is 2. The minimum atomic E-state index is -1.31. The fraction of sp³-hybridized carbons (Fsp3) is 0.490. The number of ketones is 1. The Hall–Kier alpha value is -5.09. The van der Waals surface area contributed by atoms with E-state index in [4.69, 9.17) is 23.2 Å². The van der Waals surface area contributed by atoms with E-state index in [1.54, 1.807) is 36.4 Å². The number of nitrogens with zero attached hydrogens (tertiary/aromatic N) is 2. The molecule has 5 aliphatic heterocycles. The van der Waals surface area contributed by atoms with Gasteiger partial charge in [-0.2, -0.15) is 0 Å². The molecule has 9 rings (SSSR count). The van der Waals surface area contributed by atoms with Crippen LogP contribution in [0.4, 0.5) is 10.1 Å². The van der Waals surface area contributed by atoms with Crippen LogP contribution >= 0.6 is 23.2 Å².